The minimum Gasteiger partial charge on any atom is -0.371 e. The fourth-order valence-electron chi connectivity index (χ4n) is 2.15. The highest BCUT2D eigenvalue weighted by atomic mass is 16.5. The maximum absolute atomic E-state index is 12.1. The Morgan fingerprint density at radius 3 is 2.17 bits per heavy atom. The molecule has 1 fully saturated rings. The minimum atomic E-state index is -0.623. The number of carbonyl (C=O) groups is 1. The molecule has 0 aromatic carbocycles. The van der Waals surface area contributed by atoms with Crippen LogP contribution < -0.4 is 11.1 Å². The lowest BCUT2D eigenvalue weighted by molar-refractivity contribution is -0.131. The number of amides is 1. The fourth-order valence-corrected chi connectivity index (χ4v) is 2.15. The van der Waals surface area contributed by atoms with Gasteiger partial charge in [0.05, 0.1) is 11.7 Å². The van der Waals surface area contributed by atoms with E-state index in [0.29, 0.717) is 5.92 Å². The van der Waals surface area contributed by atoms with Crippen molar-refractivity contribution in [2.75, 3.05) is 0 Å². The van der Waals surface area contributed by atoms with E-state index in [1.165, 1.54) is 12.8 Å². The van der Waals surface area contributed by atoms with Gasteiger partial charge in [-0.2, -0.15) is 0 Å². The van der Waals surface area contributed by atoms with Crippen LogP contribution in [0.25, 0.3) is 0 Å². The predicted octanol–water partition coefficient (Wildman–Crippen LogP) is 1.82. The summed E-state index contributed by atoms with van der Waals surface area (Å²) in [4.78, 5) is 12.1. The average molecular weight is 256 g/mol. The first-order valence-electron chi connectivity index (χ1n) is 6.78. The van der Waals surface area contributed by atoms with Crippen LogP contribution >= 0.6 is 0 Å². The van der Waals surface area contributed by atoms with Gasteiger partial charge in [-0.15, -0.1) is 0 Å². The van der Waals surface area contributed by atoms with Crippen LogP contribution in [-0.2, 0) is 9.53 Å². The maximum atomic E-state index is 12.1. The van der Waals surface area contributed by atoms with Crippen LogP contribution in [-0.4, -0.2) is 29.2 Å². The summed E-state index contributed by atoms with van der Waals surface area (Å²) in [5.41, 5.74) is 5.51. The third-order valence-corrected chi connectivity index (χ3v) is 3.39. The standard InChI is InChI=1S/C14H28N2O2/c1-9(18-13(2,3)4)11(15)12(17)16-14(5,6)10-7-8-10/h9-11H,7-8,15H2,1-6H3,(H,16,17)/t9-,11+/m1/s1. The van der Waals surface area contributed by atoms with Crippen molar-refractivity contribution in [3.05, 3.63) is 0 Å². The van der Waals surface area contributed by atoms with E-state index in [1.54, 1.807) is 0 Å². The molecule has 1 saturated carbocycles. The molecule has 0 aromatic rings. The van der Waals surface area contributed by atoms with Gasteiger partial charge in [0.1, 0.15) is 6.04 Å². The lowest BCUT2D eigenvalue weighted by atomic mass is 9.97. The third-order valence-electron chi connectivity index (χ3n) is 3.39. The summed E-state index contributed by atoms with van der Waals surface area (Å²) in [6, 6.07) is -0.623. The zero-order valence-electron chi connectivity index (χ0n) is 12.5. The molecule has 1 aliphatic rings. The molecule has 106 valence electrons. The van der Waals surface area contributed by atoms with Gasteiger partial charge in [0.15, 0.2) is 0 Å². The predicted molar refractivity (Wildman–Crippen MR) is 73.2 cm³/mol. The molecule has 1 amide bonds. The third kappa shape index (κ3) is 4.58. The zero-order valence-corrected chi connectivity index (χ0v) is 12.5. The Balaban J connectivity index is 2.50. The number of ether oxygens (including phenoxy) is 1. The fraction of sp³-hybridized carbons (Fsp3) is 0.929. The zero-order chi connectivity index (χ0) is 14.1. The van der Waals surface area contributed by atoms with Gasteiger partial charge in [0, 0.05) is 5.54 Å². The van der Waals surface area contributed by atoms with Crippen LogP contribution in [0, 0.1) is 5.92 Å². The summed E-state index contributed by atoms with van der Waals surface area (Å²) in [7, 11) is 0. The lowest BCUT2D eigenvalue weighted by Gasteiger charge is -2.32. The van der Waals surface area contributed by atoms with Crippen molar-refractivity contribution in [2.45, 2.75) is 77.7 Å². The molecule has 1 rings (SSSR count). The average Bonchev–Trinajstić information content (AvgIpc) is 2.95. The van der Waals surface area contributed by atoms with Crippen LogP contribution in [0.2, 0.25) is 0 Å². The Morgan fingerprint density at radius 1 is 1.28 bits per heavy atom. The Bertz CT molecular complexity index is 303. The largest absolute Gasteiger partial charge is 0.371 e. The van der Waals surface area contributed by atoms with Gasteiger partial charge in [-0.05, 0) is 60.3 Å². The highest BCUT2D eigenvalue weighted by Gasteiger charge is 2.40. The summed E-state index contributed by atoms with van der Waals surface area (Å²) in [6.07, 6.45) is 2.09. The Kier molecular flexibility index (Phi) is 4.44. The highest BCUT2D eigenvalue weighted by molar-refractivity contribution is 5.82. The van der Waals surface area contributed by atoms with Gasteiger partial charge in [-0.3, -0.25) is 4.79 Å². The van der Waals surface area contributed by atoms with Gasteiger partial charge >= 0.3 is 0 Å². The number of nitrogens with two attached hydrogens (primary N) is 1. The first-order valence-corrected chi connectivity index (χ1v) is 6.78. The van der Waals surface area contributed by atoms with E-state index in [2.05, 4.69) is 19.2 Å². The van der Waals surface area contributed by atoms with E-state index in [0.717, 1.165) is 0 Å². The molecule has 4 heteroatoms. The SMILES string of the molecule is C[C@@H](OC(C)(C)C)[C@H](N)C(=O)NC(C)(C)C1CC1. The molecule has 3 N–H and O–H groups in total. The number of carbonyl (C=O) groups excluding carboxylic acids is 1. The molecule has 0 bridgehead atoms. The molecule has 0 saturated heterocycles. The van der Waals surface area contributed by atoms with Crippen molar-refractivity contribution < 1.29 is 9.53 Å². The van der Waals surface area contributed by atoms with Gasteiger partial charge < -0.3 is 15.8 Å². The van der Waals surface area contributed by atoms with E-state index in [9.17, 15) is 4.79 Å². The Hall–Kier alpha value is -0.610. The molecular formula is C14H28N2O2. The van der Waals surface area contributed by atoms with Crippen molar-refractivity contribution in [1.82, 2.24) is 5.32 Å². The second-order valence-electron chi connectivity index (χ2n) is 6.95. The number of hydrogen-bond acceptors (Lipinski definition) is 3. The Labute approximate surface area is 111 Å². The molecule has 2 atom stereocenters. The summed E-state index contributed by atoms with van der Waals surface area (Å²) in [6.45, 7) is 11.8. The van der Waals surface area contributed by atoms with Crippen molar-refractivity contribution in [1.29, 1.82) is 0 Å². The molecule has 0 unspecified atom stereocenters. The highest BCUT2D eigenvalue weighted by Crippen LogP contribution is 2.39. The van der Waals surface area contributed by atoms with Crippen molar-refractivity contribution in [2.24, 2.45) is 11.7 Å². The van der Waals surface area contributed by atoms with Crippen LogP contribution in [0.5, 0.6) is 0 Å². The second-order valence-corrected chi connectivity index (χ2v) is 6.95. The first-order chi connectivity index (χ1) is 8.03. The lowest BCUT2D eigenvalue weighted by Crippen LogP contribution is -2.56. The molecule has 18 heavy (non-hydrogen) atoms. The van der Waals surface area contributed by atoms with Crippen LogP contribution in [0.4, 0.5) is 0 Å². The van der Waals surface area contributed by atoms with E-state index >= 15 is 0 Å². The molecule has 0 spiro atoms. The van der Waals surface area contributed by atoms with Crippen molar-refractivity contribution in [3.8, 4) is 0 Å². The topological polar surface area (TPSA) is 64.3 Å². The molecular weight excluding hydrogens is 228 g/mol. The summed E-state index contributed by atoms with van der Waals surface area (Å²) < 4.78 is 5.73. The van der Waals surface area contributed by atoms with Gasteiger partial charge in [-0.1, -0.05) is 0 Å². The van der Waals surface area contributed by atoms with E-state index in [-0.39, 0.29) is 23.2 Å². The molecule has 4 nitrogen and oxygen atoms in total. The number of nitrogens with one attached hydrogen (secondary N) is 1. The maximum Gasteiger partial charge on any atom is 0.240 e. The van der Waals surface area contributed by atoms with Crippen LogP contribution in [0.15, 0.2) is 0 Å². The van der Waals surface area contributed by atoms with E-state index in [4.69, 9.17) is 10.5 Å². The summed E-state index contributed by atoms with van der Waals surface area (Å²) in [5, 5.41) is 3.04. The molecule has 0 aromatic heterocycles. The van der Waals surface area contributed by atoms with Crippen LogP contribution in [0.3, 0.4) is 0 Å². The molecule has 1 aliphatic carbocycles. The van der Waals surface area contributed by atoms with Crippen LogP contribution in [0.1, 0.15) is 54.4 Å². The van der Waals surface area contributed by atoms with Crippen molar-refractivity contribution in [3.63, 3.8) is 0 Å². The summed E-state index contributed by atoms with van der Waals surface area (Å²) in [5.74, 6) is 0.469. The smallest absolute Gasteiger partial charge is 0.240 e. The molecule has 0 radical (unpaired) electrons. The van der Waals surface area contributed by atoms with Gasteiger partial charge in [0.25, 0.3) is 0 Å². The van der Waals surface area contributed by atoms with Gasteiger partial charge in [-0.25, -0.2) is 0 Å². The molecule has 0 aliphatic heterocycles. The first kappa shape index (κ1) is 15.4. The van der Waals surface area contributed by atoms with Crippen molar-refractivity contribution >= 4 is 5.91 Å². The minimum absolute atomic E-state index is 0.122. The van der Waals surface area contributed by atoms with E-state index < -0.39 is 6.04 Å². The Morgan fingerprint density at radius 2 is 1.78 bits per heavy atom. The number of rotatable bonds is 5. The monoisotopic (exact) mass is 256 g/mol. The summed E-state index contributed by atoms with van der Waals surface area (Å²) >= 11 is 0. The quantitative estimate of drug-likeness (QED) is 0.788. The van der Waals surface area contributed by atoms with Gasteiger partial charge in [0.2, 0.25) is 5.91 Å². The number of hydrogen-bond donors (Lipinski definition) is 2. The normalized spacial score (nSPS) is 20.4. The second kappa shape index (κ2) is 5.17. The van der Waals surface area contributed by atoms with E-state index in [1.807, 2.05) is 27.7 Å². The molecule has 0 heterocycles.